The van der Waals surface area contributed by atoms with E-state index >= 15 is 0 Å². The van der Waals surface area contributed by atoms with Gasteiger partial charge in [0, 0.05) is 17.5 Å². The lowest BCUT2D eigenvalue weighted by atomic mass is 9.91. The van der Waals surface area contributed by atoms with E-state index in [-0.39, 0.29) is 5.92 Å². The van der Waals surface area contributed by atoms with Crippen LogP contribution in [0.25, 0.3) is 0 Å². The quantitative estimate of drug-likeness (QED) is 0.686. The van der Waals surface area contributed by atoms with Crippen LogP contribution in [0.2, 0.25) is 5.15 Å². The van der Waals surface area contributed by atoms with Crippen molar-refractivity contribution < 1.29 is 8.78 Å². The summed E-state index contributed by atoms with van der Waals surface area (Å²) in [6.07, 6.45) is 4.18. The van der Waals surface area contributed by atoms with Gasteiger partial charge in [-0.3, -0.25) is 0 Å². The van der Waals surface area contributed by atoms with Crippen molar-refractivity contribution in [1.29, 1.82) is 0 Å². The number of benzene rings is 1. The van der Waals surface area contributed by atoms with Crippen molar-refractivity contribution in [1.82, 2.24) is 24.7 Å². The molecule has 0 radical (unpaired) electrons. The van der Waals surface area contributed by atoms with Gasteiger partial charge in [-0.1, -0.05) is 24.6 Å². The largest absolute Gasteiger partial charge is 0.245 e. The van der Waals surface area contributed by atoms with Gasteiger partial charge in [-0.15, -0.1) is 0 Å². The van der Waals surface area contributed by atoms with Crippen LogP contribution in [-0.2, 0) is 0 Å². The Morgan fingerprint density at radius 3 is 2.61 bits per heavy atom. The fraction of sp³-hybridized carbons (Fsp3) is 0.200. The molecule has 0 aliphatic rings. The Morgan fingerprint density at radius 2 is 1.96 bits per heavy atom. The third-order valence-corrected chi connectivity index (χ3v) is 3.80. The summed E-state index contributed by atoms with van der Waals surface area (Å²) in [5.41, 5.74) is 0.911. The molecular weight excluding hydrogens is 324 g/mol. The van der Waals surface area contributed by atoms with E-state index < -0.39 is 17.7 Å². The van der Waals surface area contributed by atoms with Crippen LogP contribution in [-0.4, -0.2) is 24.7 Å². The van der Waals surface area contributed by atoms with Crippen molar-refractivity contribution in [3.8, 4) is 0 Å². The highest BCUT2D eigenvalue weighted by Crippen LogP contribution is 2.34. The average Bonchev–Trinajstić information content (AvgIpc) is 3.03. The third kappa shape index (κ3) is 3.19. The maximum atomic E-state index is 14.3. The van der Waals surface area contributed by atoms with Crippen molar-refractivity contribution in [2.75, 3.05) is 0 Å². The van der Waals surface area contributed by atoms with Crippen molar-refractivity contribution >= 4 is 11.6 Å². The summed E-state index contributed by atoms with van der Waals surface area (Å²) in [5, 5.41) is 4.38. The van der Waals surface area contributed by atoms with Gasteiger partial charge < -0.3 is 0 Å². The molecular formula is C15H12ClF2N5. The Balaban J connectivity index is 2.09. The first-order valence-electron chi connectivity index (χ1n) is 6.82. The first kappa shape index (κ1) is 15.5. The topological polar surface area (TPSA) is 56.5 Å². The molecule has 3 aromatic rings. The number of hydrogen-bond donors (Lipinski definition) is 0. The Morgan fingerprint density at radius 1 is 1.13 bits per heavy atom. The summed E-state index contributed by atoms with van der Waals surface area (Å²) in [5.74, 6) is -1.59. The summed E-state index contributed by atoms with van der Waals surface area (Å²) >= 11 is 5.91. The molecule has 0 fully saturated rings. The average molecular weight is 336 g/mol. The summed E-state index contributed by atoms with van der Waals surface area (Å²) in [4.78, 5) is 11.9. The third-order valence-electron chi connectivity index (χ3n) is 3.60. The highest BCUT2D eigenvalue weighted by atomic mass is 35.5. The lowest BCUT2D eigenvalue weighted by Crippen LogP contribution is -2.20. The van der Waals surface area contributed by atoms with Gasteiger partial charge in [-0.05, 0) is 12.1 Å². The van der Waals surface area contributed by atoms with Crippen LogP contribution in [0.1, 0.15) is 30.1 Å². The van der Waals surface area contributed by atoms with Gasteiger partial charge >= 0.3 is 0 Å². The van der Waals surface area contributed by atoms with Gasteiger partial charge in [0.25, 0.3) is 0 Å². The van der Waals surface area contributed by atoms with E-state index in [1.807, 2.05) is 6.92 Å². The van der Waals surface area contributed by atoms with Crippen LogP contribution < -0.4 is 0 Å². The molecule has 2 atom stereocenters. The van der Waals surface area contributed by atoms with Crippen molar-refractivity contribution in [2.24, 2.45) is 0 Å². The molecule has 118 valence electrons. The Hall–Kier alpha value is -2.41. The Labute approximate surface area is 136 Å². The molecule has 1 aromatic carbocycles. The molecule has 5 nitrogen and oxygen atoms in total. The van der Waals surface area contributed by atoms with E-state index in [1.54, 1.807) is 6.07 Å². The standard InChI is InChI=1S/C15H12ClF2N5/c1-9(13-5-14(16)21-7-20-13)15(23-8-19-6-22-23)11-3-2-10(17)4-12(11)18/h2-9,15H,1H3. The zero-order valence-electron chi connectivity index (χ0n) is 12.1. The van der Waals surface area contributed by atoms with Gasteiger partial charge in [0.15, 0.2) is 0 Å². The van der Waals surface area contributed by atoms with E-state index in [1.165, 1.54) is 35.8 Å². The molecule has 3 rings (SSSR count). The van der Waals surface area contributed by atoms with Crippen LogP contribution in [0.15, 0.2) is 43.2 Å². The molecule has 8 heteroatoms. The number of nitrogens with zero attached hydrogens (tertiary/aromatic N) is 5. The van der Waals surface area contributed by atoms with E-state index in [2.05, 4.69) is 20.1 Å². The zero-order chi connectivity index (χ0) is 16.4. The van der Waals surface area contributed by atoms with Gasteiger partial charge in [-0.2, -0.15) is 5.10 Å². The first-order chi connectivity index (χ1) is 11.1. The SMILES string of the molecule is CC(c1cc(Cl)ncn1)C(c1ccc(F)cc1F)n1cncn1. The smallest absolute Gasteiger partial charge is 0.137 e. The fourth-order valence-electron chi connectivity index (χ4n) is 2.50. The summed E-state index contributed by atoms with van der Waals surface area (Å²) in [7, 11) is 0. The Kier molecular flexibility index (Phi) is 4.29. The molecule has 23 heavy (non-hydrogen) atoms. The molecule has 0 aliphatic carbocycles. The lowest BCUT2D eigenvalue weighted by molar-refractivity contribution is 0.427. The normalized spacial score (nSPS) is 13.7. The van der Waals surface area contributed by atoms with Crippen molar-refractivity contribution in [3.63, 3.8) is 0 Å². The van der Waals surface area contributed by atoms with Crippen LogP contribution >= 0.6 is 11.6 Å². The van der Waals surface area contributed by atoms with E-state index in [9.17, 15) is 8.78 Å². The van der Waals surface area contributed by atoms with Gasteiger partial charge in [0.2, 0.25) is 0 Å². The molecule has 0 bridgehead atoms. The molecule has 2 aromatic heterocycles. The van der Waals surface area contributed by atoms with Crippen molar-refractivity contribution in [2.45, 2.75) is 18.9 Å². The zero-order valence-corrected chi connectivity index (χ0v) is 12.8. The van der Waals surface area contributed by atoms with Gasteiger partial charge in [-0.25, -0.2) is 28.4 Å². The maximum absolute atomic E-state index is 14.3. The highest BCUT2D eigenvalue weighted by molar-refractivity contribution is 6.29. The van der Waals surface area contributed by atoms with E-state index in [4.69, 9.17) is 11.6 Å². The number of aromatic nitrogens is 5. The van der Waals surface area contributed by atoms with E-state index in [0.717, 1.165) is 6.07 Å². The summed E-state index contributed by atoms with van der Waals surface area (Å²) in [6, 6.07) is 4.51. The predicted octanol–water partition coefficient (Wildman–Crippen LogP) is 3.39. The molecule has 2 unspecified atom stereocenters. The molecule has 0 saturated heterocycles. The second kappa shape index (κ2) is 6.37. The highest BCUT2D eigenvalue weighted by Gasteiger charge is 2.27. The number of rotatable bonds is 4. The minimum atomic E-state index is -0.655. The van der Waals surface area contributed by atoms with Crippen molar-refractivity contribution in [3.05, 3.63) is 71.3 Å². The molecule has 0 aliphatic heterocycles. The molecule has 0 spiro atoms. The van der Waals surface area contributed by atoms with Gasteiger partial charge in [0.1, 0.15) is 35.8 Å². The molecule has 0 N–H and O–H groups in total. The van der Waals surface area contributed by atoms with Crippen LogP contribution in [0.3, 0.4) is 0 Å². The summed E-state index contributed by atoms with van der Waals surface area (Å²) < 4.78 is 29.0. The minimum Gasteiger partial charge on any atom is -0.245 e. The van der Waals surface area contributed by atoms with Crippen LogP contribution in [0.5, 0.6) is 0 Å². The van der Waals surface area contributed by atoms with Gasteiger partial charge in [0.05, 0.1) is 11.7 Å². The number of hydrogen-bond acceptors (Lipinski definition) is 4. The molecule has 0 amide bonds. The van der Waals surface area contributed by atoms with E-state index in [0.29, 0.717) is 16.4 Å². The van der Waals surface area contributed by atoms with Crippen LogP contribution in [0, 0.1) is 11.6 Å². The second-order valence-electron chi connectivity index (χ2n) is 5.04. The Bertz CT molecular complexity index is 809. The van der Waals surface area contributed by atoms with Crippen LogP contribution in [0.4, 0.5) is 8.78 Å². The minimum absolute atomic E-state index is 0.291. The molecule has 0 saturated carbocycles. The molecule has 2 heterocycles. The monoisotopic (exact) mass is 335 g/mol. The summed E-state index contributed by atoms with van der Waals surface area (Å²) in [6.45, 7) is 1.85. The maximum Gasteiger partial charge on any atom is 0.137 e. The predicted molar refractivity (Wildman–Crippen MR) is 80.0 cm³/mol. The second-order valence-corrected chi connectivity index (χ2v) is 5.43. The number of halogens is 3. The fourth-order valence-corrected chi connectivity index (χ4v) is 2.66. The lowest BCUT2D eigenvalue weighted by Gasteiger charge is -2.24. The first-order valence-corrected chi connectivity index (χ1v) is 7.20.